The summed E-state index contributed by atoms with van der Waals surface area (Å²) >= 11 is 0. The highest BCUT2D eigenvalue weighted by atomic mass is 16.4. The smallest absolute Gasteiger partial charge is 0.306 e. The molecule has 2 unspecified atom stereocenters. The minimum atomic E-state index is -0.778. The van der Waals surface area contributed by atoms with E-state index < -0.39 is 5.97 Å². The Labute approximate surface area is 146 Å². The number of aromatic nitrogens is 3. The molecule has 1 N–H and O–H groups in total. The third kappa shape index (κ3) is 3.10. The van der Waals surface area contributed by atoms with E-state index in [1.807, 2.05) is 38.4 Å². The number of amides is 1. The molecule has 134 valence electrons. The van der Waals surface area contributed by atoms with Gasteiger partial charge in [0.2, 0.25) is 0 Å². The second-order valence-corrected chi connectivity index (χ2v) is 7.18. The summed E-state index contributed by atoms with van der Waals surface area (Å²) in [7, 11) is 0. The van der Waals surface area contributed by atoms with E-state index in [2.05, 4.69) is 10.1 Å². The van der Waals surface area contributed by atoms with Gasteiger partial charge in [-0.2, -0.15) is 5.10 Å². The largest absolute Gasteiger partial charge is 0.481 e. The number of pyridine rings is 1. The Balaban J connectivity index is 1.88. The van der Waals surface area contributed by atoms with Crippen molar-refractivity contribution in [3.63, 3.8) is 0 Å². The summed E-state index contributed by atoms with van der Waals surface area (Å²) in [6, 6.07) is 2.04. The van der Waals surface area contributed by atoms with E-state index in [-0.39, 0.29) is 23.8 Å². The first-order chi connectivity index (χ1) is 11.8. The molecular weight excluding hydrogens is 320 g/mol. The highest BCUT2D eigenvalue weighted by Crippen LogP contribution is 2.26. The molecule has 25 heavy (non-hydrogen) atoms. The van der Waals surface area contributed by atoms with Gasteiger partial charge < -0.3 is 10.0 Å². The molecule has 1 aliphatic heterocycles. The molecule has 2 aromatic rings. The minimum absolute atomic E-state index is 0.0594. The molecule has 0 spiro atoms. The van der Waals surface area contributed by atoms with Crippen LogP contribution < -0.4 is 0 Å². The Hall–Kier alpha value is -2.44. The molecule has 0 radical (unpaired) electrons. The molecule has 2 atom stereocenters. The van der Waals surface area contributed by atoms with E-state index in [4.69, 9.17) is 0 Å². The fourth-order valence-electron chi connectivity index (χ4n) is 3.53. The zero-order valence-corrected chi connectivity index (χ0v) is 15.1. The van der Waals surface area contributed by atoms with Crippen LogP contribution in [-0.4, -0.2) is 49.7 Å². The number of fused-ring (bicyclic) bond motifs is 1. The molecule has 3 heterocycles. The lowest BCUT2D eigenvalue weighted by atomic mass is 9.86. The van der Waals surface area contributed by atoms with E-state index >= 15 is 0 Å². The van der Waals surface area contributed by atoms with Crippen LogP contribution in [0.1, 0.15) is 49.3 Å². The first-order valence-corrected chi connectivity index (χ1v) is 8.66. The molecule has 0 bridgehead atoms. The fourth-order valence-corrected chi connectivity index (χ4v) is 3.53. The van der Waals surface area contributed by atoms with Gasteiger partial charge in [0.25, 0.3) is 5.91 Å². The third-order valence-corrected chi connectivity index (χ3v) is 4.99. The first kappa shape index (κ1) is 17.4. The van der Waals surface area contributed by atoms with E-state index in [0.29, 0.717) is 30.8 Å². The number of carbonyl (C=O) groups excluding carboxylic acids is 1. The lowest BCUT2D eigenvalue weighted by molar-refractivity contribution is -0.145. The monoisotopic (exact) mass is 344 g/mol. The van der Waals surface area contributed by atoms with Crippen LogP contribution in [0, 0.1) is 18.8 Å². The van der Waals surface area contributed by atoms with Gasteiger partial charge in [-0.1, -0.05) is 6.92 Å². The van der Waals surface area contributed by atoms with Crippen LogP contribution in [0.25, 0.3) is 11.0 Å². The van der Waals surface area contributed by atoms with Crippen molar-refractivity contribution in [2.45, 2.75) is 40.2 Å². The molecule has 1 aliphatic rings. The molecule has 3 rings (SSSR count). The number of likely N-dealkylation sites (tertiary alicyclic amines) is 1. The number of nitrogens with zero attached hydrogens (tertiary/aromatic N) is 4. The Bertz CT molecular complexity index is 827. The molecule has 0 aliphatic carbocycles. The number of piperidine rings is 1. The maximum absolute atomic E-state index is 12.9. The van der Waals surface area contributed by atoms with Crippen LogP contribution in [0.5, 0.6) is 0 Å². The summed E-state index contributed by atoms with van der Waals surface area (Å²) in [5.41, 5.74) is 2.02. The quantitative estimate of drug-likeness (QED) is 0.924. The highest BCUT2D eigenvalue weighted by molar-refractivity contribution is 5.98. The summed E-state index contributed by atoms with van der Waals surface area (Å²) in [4.78, 5) is 30.5. The van der Waals surface area contributed by atoms with Crippen LogP contribution in [-0.2, 0) is 4.79 Å². The second-order valence-electron chi connectivity index (χ2n) is 7.18. The predicted octanol–water partition coefficient (Wildman–Crippen LogP) is 2.50. The summed E-state index contributed by atoms with van der Waals surface area (Å²) in [6.45, 7) is 8.71. The van der Waals surface area contributed by atoms with E-state index in [9.17, 15) is 14.7 Å². The van der Waals surface area contributed by atoms with Crippen LogP contribution in [0.4, 0.5) is 0 Å². The van der Waals surface area contributed by atoms with E-state index in [0.717, 1.165) is 11.0 Å². The van der Waals surface area contributed by atoms with Crippen molar-refractivity contribution in [3.8, 4) is 0 Å². The number of rotatable bonds is 3. The van der Waals surface area contributed by atoms with Crippen molar-refractivity contribution in [2.24, 2.45) is 11.8 Å². The zero-order chi connectivity index (χ0) is 18.3. The van der Waals surface area contributed by atoms with Crippen molar-refractivity contribution >= 4 is 22.9 Å². The second kappa shape index (κ2) is 6.46. The standard InChI is InChI=1S/C18H24N4O3/c1-10(2)22-16-13(8-19-22)7-15(12(4)20-16)17(23)21-6-5-14(18(24)25)11(3)9-21/h7-8,10-11,14H,5-6,9H2,1-4H3,(H,24,25). The number of carbonyl (C=O) groups is 2. The lowest BCUT2D eigenvalue weighted by Gasteiger charge is -2.35. The average molecular weight is 344 g/mol. The highest BCUT2D eigenvalue weighted by Gasteiger charge is 2.33. The Morgan fingerprint density at radius 1 is 1.36 bits per heavy atom. The van der Waals surface area contributed by atoms with Gasteiger partial charge >= 0.3 is 5.97 Å². The maximum Gasteiger partial charge on any atom is 0.306 e. The Morgan fingerprint density at radius 3 is 2.68 bits per heavy atom. The van der Waals surface area contributed by atoms with Crippen molar-refractivity contribution in [1.29, 1.82) is 0 Å². The number of aryl methyl sites for hydroxylation is 1. The average Bonchev–Trinajstić information content (AvgIpc) is 2.95. The Kier molecular flexibility index (Phi) is 4.49. The zero-order valence-electron chi connectivity index (χ0n) is 15.1. The fraction of sp³-hybridized carbons (Fsp3) is 0.556. The summed E-state index contributed by atoms with van der Waals surface area (Å²) in [5.74, 6) is -1.30. The number of hydrogen-bond acceptors (Lipinski definition) is 4. The van der Waals surface area contributed by atoms with Gasteiger partial charge in [0.15, 0.2) is 5.65 Å². The Morgan fingerprint density at radius 2 is 2.08 bits per heavy atom. The van der Waals surface area contributed by atoms with E-state index in [1.54, 1.807) is 11.1 Å². The van der Waals surface area contributed by atoms with Crippen molar-refractivity contribution < 1.29 is 14.7 Å². The van der Waals surface area contributed by atoms with Gasteiger partial charge in [0.05, 0.1) is 23.4 Å². The number of aliphatic carboxylic acids is 1. The molecule has 0 aromatic carbocycles. The molecule has 0 saturated carbocycles. The predicted molar refractivity (Wildman–Crippen MR) is 93.5 cm³/mol. The van der Waals surface area contributed by atoms with Crippen LogP contribution >= 0.6 is 0 Å². The minimum Gasteiger partial charge on any atom is -0.481 e. The van der Waals surface area contributed by atoms with E-state index in [1.165, 1.54) is 0 Å². The molecule has 7 heteroatoms. The topological polar surface area (TPSA) is 88.3 Å². The molecule has 7 nitrogen and oxygen atoms in total. The first-order valence-electron chi connectivity index (χ1n) is 8.66. The van der Waals surface area contributed by atoms with Gasteiger partial charge in [-0.05, 0) is 39.2 Å². The number of carboxylic acid groups (broad SMARTS) is 1. The number of hydrogen-bond donors (Lipinski definition) is 1. The van der Waals surface area contributed by atoms with Crippen molar-refractivity contribution in [2.75, 3.05) is 13.1 Å². The van der Waals surface area contributed by atoms with Gasteiger partial charge in [-0.15, -0.1) is 0 Å². The van der Waals surface area contributed by atoms with Gasteiger partial charge in [0.1, 0.15) is 0 Å². The van der Waals surface area contributed by atoms with Crippen LogP contribution in [0.3, 0.4) is 0 Å². The van der Waals surface area contributed by atoms with Gasteiger partial charge in [0, 0.05) is 24.5 Å². The summed E-state index contributed by atoms with van der Waals surface area (Å²) < 4.78 is 1.84. The normalized spacial score (nSPS) is 21.1. The summed E-state index contributed by atoms with van der Waals surface area (Å²) in [5, 5.41) is 14.4. The number of carboxylic acids is 1. The van der Waals surface area contributed by atoms with Crippen LogP contribution in [0.2, 0.25) is 0 Å². The lowest BCUT2D eigenvalue weighted by Crippen LogP contribution is -2.45. The van der Waals surface area contributed by atoms with Crippen LogP contribution in [0.15, 0.2) is 12.3 Å². The molecule has 1 saturated heterocycles. The maximum atomic E-state index is 12.9. The molecular formula is C18H24N4O3. The van der Waals surface area contributed by atoms with Crippen molar-refractivity contribution in [3.05, 3.63) is 23.5 Å². The van der Waals surface area contributed by atoms with Gasteiger partial charge in [-0.25, -0.2) is 9.67 Å². The van der Waals surface area contributed by atoms with Crippen molar-refractivity contribution in [1.82, 2.24) is 19.7 Å². The molecule has 2 aromatic heterocycles. The molecule has 1 amide bonds. The third-order valence-electron chi connectivity index (χ3n) is 4.99. The SMILES string of the molecule is Cc1nc2c(cnn2C(C)C)cc1C(=O)N1CCC(C(=O)O)C(C)C1. The molecule has 1 fully saturated rings. The van der Waals surface area contributed by atoms with Gasteiger partial charge in [-0.3, -0.25) is 9.59 Å². The summed E-state index contributed by atoms with van der Waals surface area (Å²) in [6.07, 6.45) is 2.22.